The van der Waals surface area contributed by atoms with Crippen LogP contribution in [0.5, 0.6) is 0 Å². The van der Waals surface area contributed by atoms with Crippen molar-refractivity contribution in [3.63, 3.8) is 0 Å². The van der Waals surface area contributed by atoms with Gasteiger partial charge in [0.15, 0.2) is 0 Å². The molecular weight excluding hydrogens is 386 g/mol. The summed E-state index contributed by atoms with van der Waals surface area (Å²) in [7, 11) is 0. The molecule has 0 spiro atoms. The molecule has 3 amide bonds. The van der Waals surface area contributed by atoms with E-state index in [0.29, 0.717) is 44.0 Å². The van der Waals surface area contributed by atoms with Gasteiger partial charge in [0.25, 0.3) is 5.91 Å². The van der Waals surface area contributed by atoms with Crippen LogP contribution in [0.1, 0.15) is 26.9 Å². The second kappa shape index (κ2) is 8.69. The average Bonchev–Trinajstić information content (AvgIpc) is 3.14. The van der Waals surface area contributed by atoms with Gasteiger partial charge in [-0.2, -0.15) is 0 Å². The van der Waals surface area contributed by atoms with Gasteiger partial charge >= 0.3 is 0 Å². The lowest BCUT2D eigenvalue weighted by molar-refractivity contribution is -0.128. The SMILES string of the molecule is O=CN1CCN(C(=O)c2ccc([C@H]3SCC(=O)N3Cc3ccccc3)cc2)CC1. The van der Waals surface area contributed by atoms with E-state index >= 15 is 0 Å². The number of nitrogens with zero attached hydrogens (tertiary/aromatic N) is 3. The van der Waals surface area contributed by atoms with Crippen molar-refractivity contribution < 1.29 is 14.4 Å². The first kappa shape index (κ1) is 19.5. The third-order valence-electron chi connectivity index (χ3n) is 5.36. The Bertz CT molecular complexity index is 880. The number of hydrogen-bond acceptors (Lipinski definition) is 4. The Kier molecular flexibility index (Phi) is 5.85. The molecule has 2 fully saturated rings. The topological polar surface area (TPSA) is 60.9 Å². The van der Waals surface area contributed by atoms with Crippen LogP contribution in [0.3, 0.4) is 0 Å². The minimum atomic E-state index is -0.0389. The van der Waals surface area contributed by atoms with Gasteiger partial charge in [0.05, 0.1) is 5.75 Å². The molecule has 29 heavy (non-hydrogen) atoms. The van der Waals surface area contributed by atoms with Crippen molar-refractivity contribution in [1.29, 1.82) is 0 Å². The maximum Gasteiger partial charge on any atom is 0.253 e. The normalized spacial score (nSPS) is 19.5. The first-order valence-corrected chi connectivity index (χ1v) is 10.7. The fraction of sp³-hybridized carbons (Fsp3) is 0.318. The highest BCUT2D eigenvalue weighted by Gasteiger charge is 2.33. The molecule has 0 aliphatic carbocycles. The van der Waals surface area contributed by atoms with Crippen LogP contribution >= 0.6 is 11.8 Å². The monoisotopic (exact) mass is 409 g/mol. The molecular formula is C22H23N3O3S. The van der Waals surface area contributed by atoms with E-state index in [1.54, 1.807) is 21.6 Å². The Morgan fingerprint density at radius 2 is 1.69 bits per heavy atom. The standard InChI is InChI=1S/C22H23N3O3S/c26-16-23-10-12-24(13-11-23)21(28)18-6-8-19(9-7-18)22-25(20(27)15-29-22)14-17-4-2-1-3-5-17/h1-9,16,22H,10-15H2/t22-/m1/s1. The van der Waals surface area contributed by atoms with Crippen LogP contribution in [-0.4, -0.2) is 64.9 Å². The molecule has 2 aliphatic rings. The van der Waals surface area contributed by atoms with Crippen LogP contribution in [-0.2, 0) is 16.1 Å². The lowest BCUT2D eigenvalue weighted by Gasteiger charge is -2.32. The maximum atomic E-state index is 12.7. The molecule has 2 heterocycles. The van der Waals surface area contributed by atoms with Crippen molar-refractivity contribution in [2.75, 3.05) is 31.9 Å². The molecule has 2 aromatic carbocycles. The van der Waals surface area contributed by atoms with Crippen LogP contribution in [0.25, 0.3) is 0 Å². The Morgan fingerprint density at radius 3 is 2.34 bits per heavy atom. The molecule has 0 unspecified atom stereocenters. The predicted octanol–water partition coefficient (Wildman–Crippen LogP) is 2.38. The lowest BCUT2D eigenvalue weighted by atomic mass is 10.1. The van der Waals surface area contributed by atoms with E-state index in [2.05, 4.69) is 0 Å². The fourth-order valence-electron chi connectivity index (χ4n) is 3.68. The summed E-state index contributed by atoms with van der Waals surface area (Å²) in [5.74, 6) is 0.592. The van der Waals surface area contributed by atoms with Crippen molar-refractivity contribution in [3.05, 3.63) is 71.3 Å². The third-order valence-corrected chi connectivity index (χ3v) is 6.61. The summed E-state index contributed by atoms with van der Waals surface area (Å²) in [4.78, 5) is 41.3. The van der Waals surface area contributed by atoms with Gasteiger partial charge in [-0.15, -0.1) is 11.8 Å². The molecule has 0 aromatic heterocycles. The number of carbonyl (C=O) groups is 3. The summed E-state index contributed by atoms with van der Waals surface area (Å²) in [6.45, 7) is 2.83. The minimum Gasteiger partial charge on any atom is -0.342 e. The van der Waals surface area contributed by atoms with Gasteiger partial charge in [0.1, 0.15) is 5.37 Å². The number of benzene rings is 2. The minimum absolute atomic E-state index is 0.0154. The highest BCUT2D eigenvalue weighted by molar-refractivity contribution is 8.00. The van der Waals surface area contributed by atoms with E-state index in [1.165, 1.54) is 0 Å². The smallest absolute Gasteiger partial charge is 0.253 e. The zero-order valence-electron chi connectivity index (χ0n) is 16.1. The highest BCUT2D eigenvalue weighted by atomic mass is 32.2. The molecule has 1 atom stereocenters. The van der Waals surface area contributed by atoms with Crippen molar-refractivity contribution in [1.82, 2.24) is 14.7 Å². The summed E-state index contributed by atoms with van der Waals surface area (Å²) >= 11 is 1.62. The highest BCUT2D eigenvalue weighted by Crippen LogP contribution is 2.39. The largest absolute Gasteiger partial charge is 0.342 e. The zero-order chi connectivity index (χ0) is 20.2. The van der Waals surface area contributed by atoms with Crippen LogP contribution in [0, 0.1) is 0 Å². The zero-order valence-corrected chi connectivity index (χ0v) is 16.9. The lowest BCUT2D eigenvalue weighted by Crippen LogP contribution is -2.48. The van der Waals surface area contributed by atoms with Crippen LogP contribution in [0.2, 0.25) is 0 Å². The number of thioether (sulfide) groups is 1. The molecule has 0 saturated carbocycles. The Balaban J connectivity index is 1.45. The molecule has 2 aromatic rings. The van der Waals surface area contributed by atoms with Crippen molar-refractivity contribution in [2.24, 2.45) is 0 Å². The van der Waals surface area contributed by atoms with E-state index < -0.39 is 0 Å². The number of amides is 3. The molecule has 0 N–H and O–H groups in total. The summed E-state index contributed by atoms with van der Waals surface area (Å²) in [5.41, 5.74) is 2.77. The molecule has 6 nitrogen and oxygen atoms in total. The molecule has 2 aliphatic heterocycles. The second-order valence-electron chi connectivity index (χ2n) is 7.23. The molecule has 0 radical (unpaired) electrons. The summed E-state index contributed by atoms with van der Waals surface area (Å²) in [6, 6.07) is 17.6. The predicted molar refractivity (Wildman–Crippen MR) is 112 cm³/mol. The number of rotatable bonds is 5. The van der Waals surface area contributed by atoms with E-state index in [-0.39, 0.29) is 17.2 Å². The van der Waals surface area contributed by atoms with Gasteiger partial charge in [-0.05, 0) is 23.3 Å². The first-order valence-electron chi connectivity index (χ1n) is 9.69. The van der Waals surface area contributed by atoms with Crippen molar-refractivity contribution >= 4 is 30.0 Å². The molecule has 150 valence electrons. The molecule has 2 saturated heterocycles. The van der Waals surface area contributed by atoms with Gasteiger partial charge in [-0.25, -0.2) is 0 Å². The van der Waals surface area contributed by atoms with Crippen LogP contribution < -0.4 is 0 Å². The second-order valence-corrected chi connectivity index (χ2v) is 8.29. The number of hydrogen-bond donors (Lipinski definition) is 0. The fourth-order valence-corrected chi connectivity index (χ4v) is 4.87. The van der Waals surface area contributed by atoms with E-state index in [4.69, 9.17) is 0 Å². The van der Waals surface area contributed by atoms with Gasteiger partial charge in [0.2, 0.25) is 12.3 Å². The number of carbonyl (C=O) groups excluding carboxylic acids is 3. The van der Waals surface area contributed by atoms with Gasteiger partial charge in [-0.3, -0.25) is 14.4 Å². The van der Waals surface area contributed by atoms with E-state index in [9.17, 15) is 14.4 Å². The van der Waals surface area contributed by atoms with Crippen molar-refractivity contribution in [3.8, 4) is 0 Å². The van der Waals surface area contributed by atoms with E-state index in [0.717, 1.165) is 17.5 Å². The average molecular weight is 410 g/mol. The van der Waals surface area contributed by atoms with Gasteiger partial charge < -0.3 is 14.7 Å². The van der Waals surface area contributed by atoms with Gasteiger partial charge in [0, 0.05) is 38.3 Å². The first-order chi connectivity index (χ1) is 14.2. The van der Waals surface area contributed by atoms with Crippen LogP contribution in [0.15, 0.2) is 54.6 Å². The summed E-state index contributed by atoms with van der Waals surface area (Å²) in [6.07, 6.45) is 0.832. The Hall–Kier alpha value is -2.80. The van der Waals surface area contributed by atoms with Crippen molar-refractivity contribution in [2.45, 2.75) is 11.9 Å². The van der Waals surface area contributed by atoms with Crippen LogP contribution in [0.4, 0.5) is 0 Å². The maximum absolute atomic E-state index is 12.7. The molecule has 4 rings (SSSR count). The Morgan fingerprint density at radius 1 is 1.00 bits per heavy atom. The van der Waals surface area contributed by atoms with Gasteiger partial charge in [-0.1, -0.05) is 42.5 Å². The molecule has 7 heteroatoms. The quantitative estimate of drug-likeness (QED) is 0.712. The third kappa shape index (κ3) is 4.29. The summed E-state index contributed by atoms with van der Waals surface area (Å²) < 4.78 is 0. The number of piperazine rings is 1. The summed E-state index contributed by atoms with van der Waals surface area (Å²) in [5, 5.41) is -0.0389. The molecule has 0 bridgehead atoms. The Labute approximate surface area is 174 Å². The van der Waals surface area contributed by atoms with E-state index in [1.807, 2.05) is 59.5 Å².